The first-order valence-electron chi connectivity index (χ1n) is 5.71. The molecule has 0 fully saturated rings. The minimum atomic E-state index is -0.244. The monoisotopic (exact) mass is 274 g/mol. The maximum Gasteiger partial charge on any atom is 0.273 e. The maximum atomic E-state index is 12.1. The van der Waals surface area contributed by atoms with Gasteiger partial charge in [0.1, 0.15) is 5.69 Å². The number of H-pyrrole nitrogens is 1. The fraction of sp³-hybridized carbons (Fsp3) is 0.0769. The van der Waals surface area contributed by atoms with Crippen LogP contribution in [0.15, 0.2) is 36.5 Å². The number of rotatable bonds is 2. The van der Waals surface area contributed by atoms with Crippen molar-refractivity contribution in [2.75, 3.05) is 5.32 Å². The molecule has 19 heavy (non-hydrogen) atoms. The number of anilines is 1. The first-order chi connectivity index (χ1) is 9.15. The largest absolute Gasteiger partial charge is 0.345 e. The number of para-hydroxylation sites is 1. The van der Waals surface area contributed by atoms with Gasteiger partial charge in [-0.2, -0.15) is 5.10 Å². The van der Waals surface area contributed by atoms with Gasteiger partial charge < -0.3 is 9.88 Å². The van der Waals surface area contributed by atoms with E-state index in [-0.39, 0.29) is 5.91 Å². The number of carbonyl (C=O) groups is 1. The molecule has 0 aliphatic heterocycles. The van der Waals surface area contributed by atoms with Crippen LogP contribution in [0.3, 0.4) is 0 Å². The van der Waals surface area contributed by atoms with Crippen molar-refractivity contribution < 1.29 is 4.79 Å². The number of aromatic amines is 1. The molecule has 0 atom stereocenters. The maximum absolute atomic E-state index is 12.1. The van der Waals surface area contributed by atoms with Crippen molar-refractivity contribution in [1.29, 1.82) is 0 Å². The summed E-state index contributed by atoms with van der Waals surface area (Å²) in [6.07, 6.45) is 1.68. The van der Waals surface area contributed by atoms with Crippen LogP contribution in [0.2, 0.25) is 5.02 Å². The summed E-state index contributed by atoms with van der Waals surface area (Å²) in [6, 6.07) is 9.21. The highest BCUT2D eigenvalue weighted by molar-refractivity contribution is 6.31. The summed E-state index contributed by atoms with van der Waals surface area (Å²) in [5.74, 6) is 0.268. The van der Waals surface area contributed by atoms with Crippen molar-refractivity contribution in [2.24, 2.45) is 7.05 Å². The topological polar surface area (TPSA) is 62.7 Å². The van der Waals surface area contributed by atoms with Gasteiger partial charge in [0, 0.05) is 18.6 Å². The van der Waals surface area contributed by atoms with E-state index in [1.165, 1.54) is 0 Å². The zero-order valence-corrected chi connectivity index (χ0v) is 10.9. The standard InChI is InChI=1S/C13H11ClN4O/c1-18-7-8(14)6-11(18)13(19)15-12-9-4-2-3-5-10(9)16-17-12/h2-7H,1H3,(H2,15,16,17,19). The van der Waals surface area contributed by atoms with Crippen LogP contribution in [-0.2, 0) is 7.05 Å². The molecule has 2 heterocycles. The summed E-state index contributed by atoms with van der Waals surface area (Å²) in [5.41, 5.74) is 1.36. The molecule has 3 rings (SSSR count). The van der Waals surface area contributed by atoms with E-state index in [4.69, 9.17) is 11.6 Å². The van der Waals surface area contributed by atoms with Crippen LogP contribution in [0.4, 0.5) is 5.82 Å². The average Bonchev–Trinajstić information content (AvgIpc) is 2.94. The Hall–Kier alpha value is -2.27. The quantitative estimate of drug-likeness (QED) is 0.755. The van der Waals surface area contributed by atoms with E-state index in [0.717, 1.165) is 10.9 Å². The van der Waals surface area contributed by atoms with Crippen LogP contribution < -0.4 is 5.32 Å². The number of hydrogen-bond donors (Lipinski definition) is 2. The normalized spacial score (nSPS) is 10.8. The molecular weight excluding hydrogens is 264 g/mol. The number of nitrogens with one attached hydrogen (secondary N) is 2. The lowest BCUT2D eigenvalue weighted by molar-refractivity contribution is 0.101. The van der Waals surface area contributed by atoms with E-state index in [9.17, 15) is 4.79 Å². The Balaban J connectivity index is 1.93. The first kappa shape index (κ1) is 11.8. The molecule has 96 valence electrons. The predicted molar refractivity (Wildman–Crippen MR) is 74.5 cm³/mol. The third kappa shape index (κ3) is 2.08. The van der Waals surface area contributed by atoms with Gasteiger partial charge in [0.2, 0.25) is 0 Å². The molecule has 0 bridgehead atoms. The Labute approximate surface area is 114 Å². The van der Waals surface area contributed by atoms with Crippen LogP contribution in [-0.4, -0.2) is 20.7 Å². The summed E-state index contributed by atoms with van der Waals surface area (Å²) >= 11 is 5.86. The van der Waals surface area contributed by atoms with E-state index in [1.807, 2.05) is 24.3 Å². The minimum Gasteiger partial charge on any atom is -0.345 e. The summed E-state index contributed by atoms with van der Waals surface area (Å²) in [6.45, 7) is 0. The van der Waals surface area contributed by atoms with E-state index in [2.05, 4.69) is 15.5 Å². The fourth-order valence-electron chi connectivity index (χ4n) is 1.98. The third-order valence-electron chi connectivity index (χ3n) is 2.91. The SMILES string of the molecule is Cn1cc(Cl)cc1C(=O)Nc1n[nH]c2ccccc12. The molecule has 1 amide bonds. The van der Waals surface area contributed by atoms with Crippen LogP contribution >= 0.6 is 11.6 Å². The van der Waals surface area contributed by atoms with Gasteiger partial charge in [-0.1, -0.05) is 23.7 Å². The van der Waals surface area contributed by atoms with Crippen molar-refractivity contribution >= 4 is 34.2 Å². The van der Waals surface area contributed by atoms with Crippen molar-refractivity contribution in [3.05, 3.63) is 47.2 Å². The first-order valence-corrected chi connectivity index (χ1v) is 6.09. The highest BCUT2D eigenvalue weighted by atomic mass is 35.5. The highest BCUT2D eigenvalue weighted by Gasteiger charge is 2.14. The lowest BCUT2D eigenvalue weighted by atomic mass is 10.2. The molecule has 0 aliphatic carbocycles. The third-order valence-corrected chi connectivity index (χ3v) is 3.11. The zero-order valence-electron chi connectivity index (χ0n) is 10.1. The fourth-order valence-corrected chi connectivity index (χ4v) is 2.23. The second-order valence-electron chi connectivity index (χ2n) is 4.23. The van der Waals surface area contributed by atoms with E-state index in [0.29, 0.717) is 16.5 Å². The predicted octanol–water partition coefficient (Wildman–Crippen LogP) is 2.81. The van der Waals surface area contributed by atoms with Crippen molar-refractivity contribution in [3.63, 3.8) is 0 Å². The number of aromatic nitrogens is 3. The van der Waals surface area contributed by atoms with Gasteiger partial charge in [-0.05, 0) is 18.2 Å². The van der Waals surface area contributed by atoms with Gasteiger partial charge in [0.05, 0.1) is 10.5 Å². The number of amides is 1. The number of hydrogen-bond acceptors (Lipinski definition) is 2. The summed E-state index contributed by atoms with van der Waals surface area (Å²) in [7, 11) is 1.77. The van der Waals surface area contributed by atoms with Crippen LogP contribution in [0.1, 0.15) is 10.5 Å². The molecule has 0 radical (unpaired) electrons. The number of halogens is 1. The van der Waals surface area contributed by atoms with Gasteiger partial charge in [0.25, 0.3) is 5.91 Å². The van der Waals surface area contributed by atoms with Crippen molar-refractivity contribution in [3.8, 4) is 0 Å². The Kier molecular flexibility index (Phi) is 2.76. The summed E-state index contributed by atoms with van der Waals surface area (Å²) < 4.78 is 1.67. The van der Waals surface area contributed by atoms with E-state index >= 15 is 0 Å². The smallest absolute Gasteiger partial charge is 0.273 e. The van der Waals surface area contributed by atoms with E-state index in [1.54, 1.807) is 23.9 Å². The molecule has 0 unspecified atom stereocenters. The molecule has 6 heteroatoms. The molecule has 2 aromatic heterocycles. The molecule has 0 spiro atoms. The Bertz CT molecular complexity index is 759. The molecule has 0 saturated heterocycles. The number of carbonyl (C=O) groups excluding carboxylic acids is 1. The molecule has 0 saturated carbocycles. The summed E-state index contributed by atoms with van der Waals surface area (Å²) in [4.78, 5) is 12.1. The zero-order chi connectivity index (χ0) is 13.4. The second-order valence-corrected chi connectivity index (χ2v) is 4.66. The molecular formula is C13H11ClN4O. The average molecular weight is 275 g/mol. The van der Waals surface area contributed by atoms with Crippen molar-refractivity contribution in [1.82, 2.24) is 14.8 Å². The second kappa shape index (κ2) is 4.44. The molecule has 2 N–H and O–H groups in total. The number of aryl methyl sites for hydroxylation is 1. The number of fused-ring (bicyclic) bond motifs is 1. The van der Waals surface area contributed by atoms with Crippen molar-refractivity contribution in [2.45, 2.75) is 0 Å². The molecule has 3 aromatic rings. The van der Waals surface area contributed by atoms with Gasteiger partial charge >= 0.3 is 0 Å². The van der Waals surface area contributed by atoms with Crippen LogP contribution in [0.25, 0.3) is 10.9 Å². The molecule has 0 aliphatic rings. The Morgan fingerprint density at radius 3 is 2.95 bits per heavy atom. The lowest BCUT2D eigenvalue weighted by Crippen LogP contribution is -2.15. The minimum absolute atomic E-state index is 0.244. The highest BCUT2D eigenvalue weighted by Crippen LogP contribution is 2.21. The van der Waals surface area contributed by atoms with Gasteiger partial charge in [-0.15, -0.1) is 0 Å². The molecule has 1 aromatic carbocycles. The van der Waals surface area contributed by atoms with E-state index < -0.39 is 0 Å². The van der Waals surface area contributed by atoms with Gasteiger partial charge in [-0.25, -0.2) is 0 Å². The lowest BCUT2D eigenvalue weighted by Gasteiger charge is -2.03. The number of nitrogens with zero attached hydrogens (tertiary/aromatic N) is 2. The van der Waals surface area contributed by atoms with Crippen LogP contribution in [0.5, 0.6) is 0 Å². The molecule has 5 nitrogen and oxygen atoms in total. The Morgan fingerprint density at radius 1 is 1.42 bits per heavy atom. The summed E-state index contributed by atoms with van der Waals surface area (Å²) in [5, 5.41) is 11.1. The Morgan fingerprint density at radius 2 is 2.21 bits per heavy atom. The van der Waals surface area contributed by atoms with Crippen LogP contribution in [0, 0.1) is 0 Å². The number of benzene rings is 1. The van der Waals surface area contributed by atoms with Gasteiger partial charge in [0.15, 0.2) is 5.82 Å². The van der Waals surface area contributed by atoms with Gasteiger partial charge in [-0.3, -0.25) is 9.89 Å².